The first kappa shape index (κ1) is 13.9. The molecule has 0 aliphatic carbocycles. The Labute approximate surface area is 109 Å². The topological polar surface area (TPSA) is 27.0 Å². The molecule has 0 N–H and O–H groups in total. The highest BCUT2D eigenvalue weighted by Crippen LogP contribution is 2.21. The summed E-state index contributed by atoms with van der Waals surface area (Å²) >= 11 is 5.85. The highest BCUT2D eigenvalue weighted by Gasteiger charge is 2.09. The Morgan fingerprint density at radius 2 is 2.18 bits per heavy atom. The first-order valence-corrected chi connectivity index (χ1v) is 6.45. The maximum atomic E-state index is 8.87. The molecule has 1 aromatic rings. The molecule has 0 aliphatic heterocycles. The predicted octanol–water partition coefficient (Wildman–Crippen LogP) is 3.72. The van der Waals surface area contributed by atoms with Crippen LogP contribution < -0.4 is 4.90 Å². The quantitative estimate of drug-likeness (QED) is 0.745. The van der Waals surface area contributed by atoms with E-state index in [1.54, 1.807) is 0 Å². The van der Waals surface area contributed by atoms with Gasteiger partial charge in [-0.1, -0.05) is 6.07 Å². The molecule has 0 spiro atoms. The van der Waals surface area contributed by atoms with E-state index in [9.17, 15) is 0 Å². The van der Waals surface area contributed by atoms with Crippen LogP contribution in [0.1, 0.15) is 25.0 Å². The van der Waals surface area contributed by atoms with Crippen molar-refractivity contribution in [3.63, 3.8) is 0 Å². The van der Waals surface area contributed by atoms with Gasteiger partial charge in [0.2, 0.25) is 0 Å². The lowest BCUT2D eigenvalue weighted by molar-refractivity contribution is 0.686. The van der Waals surface area contributed by atoms with Gasteiger partial charge in [-0.2, -0.15) is 5.26 Å². The highest BCUT2D eigenvalue weighted by molar-refractivity contribution is 6.17. The fourth-order valence-electron chi connectivity index (χ4n) is 1.82. The van der Waals surface area contributed by atoms with Crippen LogP contribution in [0.5, 0.6) is 0 Å². The summed E-state index contributed by atoms with van der Waals surface area (Å²) in [6.45, 7) is 7.80. The van der Waals surface area contributed by atoms with Crippen molar-refractivity contribution in [2.45, 2.75) is 26.7 Å². The molecule has 0 saturated heterocycles. The molecule has 0 saturated carbocycles. The first-order chi connectivity index (χ1) is 8.12. The molecule has 17 heavy (non-hydrogen) atoms. The minimum atomic E-state index is 0.0444. The van der Waals surface area contributed by atoms with E-state index in [4.69, 9.17) is 16.9 Å². The summed E-state index contributed by atoms with van der Waals surface area (Å²) in [6, 6.07) is 8.57. The summed E-state index contributed by atoms with van der Waals surface area (Å²) < 4.78 is 0. The van der Waals surface area contributed by atoms with Crippen LogP contribution >= 0.6 is 11.6 Å². The van der Waals surface area contributed by atoms with Crippen LogP contribution in [0.15, 0.2) is 18.2 Å². The zero-order valence-electron chi connectivity index (χ0n) is 10.7. The second-order valence-electron chi connectivity index (χ2n) is 4.31. The van der Waals surface area contributed by atoms with E-state index in [0.717, 1.165) is 13.1 Å². The van der Waals surface area contributed by atoms with Crippen LogP contribution in [-0.2, 0) is 5.88 Å². The Morgan fingerprint density at radius 3 is 2.65 bits per heavy atom. The lowest BCUT2D eigenvalue weighted by Gasteiger charge is -2.25. The van der Waals surface area contributed by atoms with Crippen LogP contribution in [0.2, 0.25) is 0 Å². The van der Waals surface area contributed by atoms with Crippen molar-refractivity contribution in [3.05, 3.63) is 29.3 Å². The van der Waals surface area contributed by atoms with E-state index in [1.165, 1.54) is 16.8 Å². The van der Waals surface area contributed by atoms with Gasteiger partial charge in [0.15, 0.2) is 0 Å². The fraction of sp³-hybridized carbons (Fsp3) is 0.500. The summed E-state index contributed by atoms with van der Waals surface area (Å²) in [5, 5.41) is 8.87. The minimum absolute atomic E-state index is 0.0444. The van der Waals surface area contributed by atoms with Gasteiger partial charge in [0.1, 0.15) is 0 Å². The number of alkyl halides is 1. The van der Waals surface area contributed by atoms with Gasteiger partial charge in [0.25, 0.3) is 0 Å². The summed E-state index contributed by atoms with van der Waals surface area (Å²) in [5.41, 5.74) is 3.54. The SMILES string of the molecule is CCN(CC(C)C#N)c1ccc(CCl)c(C)c1. The molecule has 0 fully saturated rings. The molecule has 3 heteroatoms. The smallest absolute Gasteiger partial charge is 0.0671 e. The predicted molar refractivity (Wildman–Crippen MR) is 73.4 cm³/mol. The third-order valence-corrected chi connectivity index (χ3v) is 3.22. The number of hydrogen-bond donors (Lipinski definition) is 0. The number of anilines is 1. The van der Waals surface area contributed by atoms with Crippen molar-refractivity contribution in [2.75, 3.05) is 18.0 Å². The maximum Gasteiger partial charge on any atom is 0.0671 e. The normalized spacial score (nSPS) is 11.9. The van der Waals surface area contributed by atoms with E-state index >= 15 is 0 Å². The summed E-state index contributed by atoms with van der Waals surface area (Å²) in [6.07, 6.45) is 0. The average Bonchev–Trinajstić information content (AvgIpc) is 2.35. The van der Waals surface area contributed by atoms with E-state index < -0.39 is 0 Å². The number of halogens is 1. The molecular formula is C14H19ClN2. The van der Waals surface area contributed by atoms with Crippen molar-refractivity contribution in [3.8, 4) is 6.07 Å². The largest absolute Gasteiger partial charge is 0.370 e. The summed E-state index contributed by atoms with van der Waals surface area (Å²) in [7, 11) is 0. The van der Waals surface area contributed by atoms with Crippen molar-refractivity contribution >= 4 is 17.3 Å². The molecule has 1 unspecified atom stereocenters. The molecule has 1 atom stereocenters. The van der Waals surface area contributed by atoms with Crippen molar-refractivity contribution in [2.24, 2.45) is 5.92 Å². The highest BCUT2D eigenvalue weighted by atomic mass is 35.5. The van der Waals surface area contributed by atoms with Crippen LogP contribution in [0.25, 0.3) is 0 Å². The van der Waals surface area contributed by atoms with Gasteiger partial charge in [-0.25, -0.2) is 0 Å². The van der Waals surface area contributed by atoms with E-state index in [-0.39, 0.29) is 5.92 Å². The van der Waals surface area contributed by atoms with Crippen LogP contribution in [0, 0.1) is 24.2 Å². The lowest BCUT2D eigenvalue weighted by atomic mass is 10.1. The van der Waals surface area contributed by atoms with Gasteiger partial charge in [0.05, 0.1) is 12.0 Å². The van der Waals surface area contributed by atoms with Gasteiger partial charge in [0, 0.05) is 24.7 Å². The van der Waals surface area contributed by atoms with E-state index in [1.807, 2.05) is 6.92 Å². The molecule has 1 rings (SSSR count). The molecule has 0 aliphatic rings. The van der Waals surface area contributed by atoms with Gasteiger partial charge in [-0.15, -0.1) is 11.6 Å². The minimum Gasteiger partial charge on any atom is -0.370 e. The van der Waals surface area contributed by atoms with Gasteiger partial charge >= 0.3 is 0 Å². The molecule has 92 valence electrons. The molecule has 2 nitrogen and oxygen atoms in total. The van der Waals surface area contributed by atoms with Crippen molar-refractivity contribution in [1.29, 1.82) is 5.26 Å². The lowest BCUT2D eigenvalue weighted by Crippen LogP contribution is -2.27. The van der Waals surface area contributed by atoms with E-state index in [0.29, 0.717) is 5.88 Å². The molecule has 0 amide bonds. The third-order valence-electron chi connectivity index (χ3n) is 2.93. The second kappa shape index (κ2) is 6.51. The molecule has 0 bridgehead atoms. The maximum absolute atomic E-state index is 8.87. The number of nitriles is 1. The standard InChI is InChI=1S/C14H19ClN2/c1-4-17(10-11(2)9-16)14-6-5-13(8-15)12(3)7-14/h5-7,11H,4,8,10H2,1-3H3. The second-order valence-corrected chi connectivity index (χ2v) is 4.58. The number of rotatable bonds is 5. The monoisotopic (exact) mass is 250 g/mol. The Balaban J connectivity index is 2.89. The van der Waals surface area contributed by atoms with Gasteiger partial charge in [-0.3, -0.25) is 0 Å². The number of benzene rings is 1. The zero-order valence-corrected chi connectivity index (χ0v) is 11.5. The van der Waals surface area contributed by atoms with Crippen LogP contribution in [0.3, 0.4) is 0 Å². The number of nitrogens with zero attached hydrogens (tertiary/aromatic N) is 2. The number of aryl methyl sites for hydroxylation is 1. The number of hydrogen-bond acceptors (Lipinski definition) is 2. The van der Waals surface area contributed by atoms with Gasteiger partial charge in [-0.05, 0) is 44.0 Å². The Bertz CT molecular complexity index is 409. The first-order valence-electron chi connectivity index (χ1n) is 5.92. The molecular weight excluding hydrogens is 232 g/mol. The average molecular weight is 251 g/mol. The Morgan fingerprint density at radius 1 is 1.47 bits per heavy atom. The Kier molecular flexibility index (Phi) is 5.31. The molecule has 1 aromatic carbocycles. The van der Waals surface area contributed by atoms with Crippen LogP contribution in [-0.4, -0.2) is 13.1 Å². The zero-order chi connectivity index (χ0) is 12.8. The molecule has 0 aromatic heterocycles. The Hall–Kier alpha value is -1.20. The van der Waals surface area contributed by atoms with E-state index in [2.05, 4.69) is 43.0 Å². The van der Waals surface area contributed by atoms with Crippen molar-refractivity contribution in [1.82, 2.24) is 0 Å². The van der Waals surface area contributed by atoms with Crippen molar-refractivity contribution < 1.29 is 0 Å². The van der Waals surface area contributed by atoms with Gasteiger partial charge < -0.3 is 4.90 Å². The summed E-state index contributed by atoms with van der Waals surface area (Å²) in [5.74, 6) is 0.593. The fourth-order valence-corrected chi connectivity index (χ4v) is 2.12. The summed E-state index contributed by atoms with van der Waals surface area (Å²) in [4.78, 5) is 2.22. The third kappa shape index (κ3) is 3.64. The molecule has 0 heterocycles. The van der Waals surface area contributed by atoms with Crippen LogP contribution in [0.4, 0.5) is 5.69 Å². The molecule has 0 radical (unpaired) electrons.